The minimum Gasteiger partial charge on any atom is -0.368 e. The molecular weight excluding hydrogens is 393 g/mol. The predicted octanol–water partition coefficient (Wildman–Crippen LogP) is 4.39. The van der Waals surface area contributed by atoms with E-state index >= 15 is 0 Å². The van der Waals surface area contributed by atoms with Crippen molar-refractivity contribution < 1.29 is 9.18 Å². The van der Waals surface area contributed by atoms with Gasteiger partial charge in [0.2, 0.25) is 5.91 Å². The highest BCUT2D eigenvalue weighted by molar-refractivity contribution is 8.01. The van der Waals surface area contributed by atoms with E-state index in [0.29, 0.717) is 5.75 Å². The van der Waals surface area contributed by atoms with Crippen molar-refractivity contribution in [2.45, 2.75) is 4.34 Å². The van der Waals surface area contributed by atoms with E-state index in [1.807, 2.05) is 28.5 Å². The van der Waals surface area contributed by atoms with E-state index in [9.17, 15) is 9.18 Å². The van der Waals surface area contributed by atoms with Gasteiger partial charge in [-0.2, -0.15) is 0 Å². The van der Waals surface area contributed by atoms with Crippen LogP contribution in [0.5, 0.6) is 0 Å². The van der Waals surface area contributed by atoms with Crippen LogP contribution in [0, 0.1) is 5.82 Å². The molecule has 0 atom stereocenters. The molecule has 2 aromatic carbocycles. The largest absolute Gasteiger partial charge is 0.368 e. The van der Waals surface area contributed by atoms with Crippen molar-refractivity contribution in [1.82, 2.24) is 9.88 Å². The molecule has 0 unspecified atom stereocenters. The lowest BCUT2D eigenvalue weighted by Gasteiger charge is -2.36. The van der Waals surface area contributed by atoms with Crippen LogP contribution >= 0.6 is 23.1 Å². The van der Waals surface area contributed by atoms with Gasteiger partial charge in [0.15, 0.2) is 4.34 Å². The molecule has 0 bridgehead atoms. The second kappa shape index (κ2) is 8.75. The van der Waals surface area contributed by atoms with Gasteiger partial charge in [0.1, 0.15) is 5.82 Å². The molecule has 1 aliphatic heterocycles. The van der Waals surface area contributed by atoms with Gasteiger partial charge in [-0.15, -0.1) is 11.3 Å². The summed E-state index contributed by atoms with van der Waals surface area (Å²) in [4.78, 5) is 21.4. The van der Waals surface area contributed by atoms with Gasteiger partial charge in [0.25, 0.3) is 0 Å². The Hall–Kier alpha value is -2.38. The van der Waals surface area contributed by atoms with E-state index < -0.39 is 0 Å². The first kappa shape index (κ1) is 19.0. The number of hydrogen-bond acceptors (Lipinski definition) is 5. The number of amides is 1. The summed E-state index contributed by atoms with van der Waals surface area (Å²) in [6, 6.07) is 16.6. The van der Waals surface area contributed by atoms with Gasteiger partial charge in [-0.1, -0.05) is 30.0 Å². The molecule has 0 aliphatic carbocycles. The molecule has 1 aliphatic rings. The number of halogens is 1. The summed E-state index contributed by atoms with van der Waals surface area (Å²) in [6.45, 7) is 3.19. The number of nitrogens with zero attached hydrogens (tertiary/aromatic N) is 3. The molecule has 1 aromatic heterocycles. The van der Waals surface area contributed by atoms with Crippen molar-refractivity contribution in [3.05, 3.63) is 65.8 Å². The van der Waals surface area contributed by atoms with Crippen molar-refractivity contribution in [2.24, 2.45) is 0 Å². The molecule has 0 radical (unpaired) electrons. The minimum atomic E-state index is -0.258. The summed E-state index contributed by atoms with van der Waals surface area (Å²) in [5.74, 6) is 0.282. The van der Waals surface area contributed by atoms with Crippen LogP contribution < -0.4 is 4.90 Å². The van der Waals surface area contributed by atoms with Crippen LogP contribution in [-0.2, 0) is 4.79 Å². The van der Waals surface area contributed by atoms with E-state index in [4.69, 9.17) is 0 Å². The van der Waals surface area contributed by atoms with Gasteiger partial charge in [-0.05, 0) is 36.4 Å². The maximum atomic E-state index is 13.0. The number of carbonyl (C=O) groups excluding carboxylic acids is 1. The molecule has 2 heterocycles. The van der Waals surface area contributed by atoms with Crippen LogP contribution in [0.1, 0.15) is 0 Å². The van der Waals surface area contributed by atoms with Gasteiger partial charge in [0, 0.05) is 42.8 Å². The molecule has 0 saturated carbocycles. The van der Waals surface area contributed by atoms with Crippen LogP contribution in [0.2, 0.25) is 0 Å². The average molecular weight is 414 g/mol. The summed E-state index contributed by atoms with van der Waals surface area (Å²) in [7, 11) is 0. The topological polar surface area (TPSA) is 36.4 Å². The molecule has 0 spiro atoms. The average Bonchev–Trinajstić information content (AvgIpc) is 3.22. The van der Waals surface area contributed by atoms with Gasteiger partial charge < -0.3 is 9.80 Å². The number of rotatable bonds is 5. The van der Waals surface area contributed by atoms with Gasteiger partial charge >= 0.3 is 0 Å². The molecule has 28 heavy (non-hydrogen) atoms. The van der Waals surface area contributed by atoms with Crippen molar-refractivity contribution in [3.8, 4) is 11.3 Å². The third-order valence-electron chi connectivity index (χ3n) is 4.70. The molecular formula is C21H20FN3OS2. The Morgan fingerprint density at radius 1 is 1.04 bits per heavy atom. The molecule has 3 aromatic rings. The highest BCUT2D eigenvalue weighted by atomic mass is 32.2. The Morgan fingerprint density at radius 2 is 1.75 bits per heavy atom. The maximum absolute atomic E-state index is 13.0. The molecule has 0 N–H and O–H groups in total. The summed E-state index contributed by atoms with van der Waals surface area (Å²) < 4.78 is 13.9. The summed E-state index contributed by atoms with van der Waals surface area (Å²) >= 11 is 2.98. The number of benzene rings is 2. The number of aromatic nitrogens is 1. The Labute approximate surface area is 172 Å². The van der Waals surface area contributed by atoms with E-state index in [0.717, 1.165) is 41.8 Å². The lowest BCUT2D eigenvalue weighted by molar-refractivity contribution is -0.128. The molecule has 144 valence electrons. The minimum absolute atomic E-state index is 0.149. The number of thiazole rings is 1. The Morgan fingerprint density at radius 3 is 2.46 bits per heavy atom. The maximum Gasteiger partial charge on any atom is 0.233 e. The second-order valence-corrected chi connectivity index (χ2v) is 8.58. The van der Waals surface area contributed by atoms with Gasteiger partial charge in [0.05, 0.1) is 11.4 Å². The smallest absolute Gasteiger partial charge is 0.233 e. The predicted molar refractivity (Wildman–Crippen MR) is 113 cm³/mol. The Bertz CT molecular complexity index is 922. The normalized spacial score (nSPS) is 14.3. The van der Waals surface area contributed by atoms with Crippen molar-refractivity contribution in [2.75, 3.05) is 36.8 Å². The van der Waals surface area contributed by atoms with E-state index in [2.05, 4.69) is 22.0 Å². The first-order valence-electron chi connectivity index (χ1n) is 9.11. The highest BCUT2D eigenvalue weighted by Gasteiger charge is 2.21. The molecule has 1 fully saturated rings. The van der Waals surface area contributed by atoms with Crippen LogP contribution in [0.15, 0.2) is 64.3 Å². The number of para-hydroxylation sites is 1. The lowest BCUT2D eigenvalue weighted by Crippen LogP contribution is -2.49. The highest BCUT2D eigenvalue weighted by Crippen LogP contribution is 2.28. The SMILES string of the molecule is O=C(CSc1nc(-c2ccc(F)cc2)cs1)N1CCN(c2ccccc2)CC1. The van der Waals surface area contributed by atoms with Crippen molar-refractivity contribution >= 4 is 34.7 Å². The van der Waals surface area contributed by atoms with E-state index in [1.165, 1.54) is 40.9 Å². The van der Waals surface area contributed by atoms with Crippen LogP contribution in [0.4, 0.5) is 10.1 Å². The fourth-order valence-electron chi connectivity index (χ4n) is 3.14. The first-order valence-corrected chi connectivity index (χ1v) is 11.0. The fraction of sp³-hybridized carbons (Fsp3) is 0.238. The quantitative estimate of drug-likeness (QED) is 0.582. The molecule has 1 saturated heterocycles. The zero-order valence-electron chi connectivity index (χ0n) is 15.3. The standard InChI is InChI=1S/C21H20FN3OS2/c22-17-8-6-16(7-9-17)19-14-27-21(23-19)28-15-20(26)25-12-10-24(11-13-25)18-4-2-1-3-5-18/h1-9,14H,10-13,15H2. The lowest BCUT2D eigenvalue weighted by atomic mass is 10.2. The Balaban J connectivity index is 1.28. The number of thioether (sulfide) groups is 1. The summed E-state index contributed by atoms with van der Waals surface area (Å²) in [5.41, 5.74) is 2.91. The summed E-state index contributed by atoms with van der Waals surface area (Å²) in [5, 5.41) is 1.94. The Kier molecular flexibility index (Phi) is 5.92. The number of anilines is 1. The molecule has 4 rings (SSSR count). The molecule has 4 nitrogen and oxygen atoms in total. The van der Waals surface area contributed by atoms with Crippen molar-refractivity contribution in [3.63, 3.8) is 0 Å². The van der Waals surface area contributed by atoms with E-state index in [1.54, 1.807) is 12.1 Å². The second-order valence-electron chi connectivity index (χ2n) is 6.50. The third-order valence-corrected chi connectivity index (χ3v) is 6.70. The van der Waals surface area contributed by atoms with Crippen LogP contribution in [0.25, 0.3) is 11.3 Å². The number of piperazine rings is 1. The first-order chi connectivity index (χ1) is 13.7. The fourth-order valence-corrected chi connectivity index (χ4v) is 4.88. The number of carbonyl (C=O) groups is 1. The van der Waals surface area contributed by atoms with Gasteiger partial charge in [-0.3, -0.25) is 4.79 Å². The van der Waals surface area contributed by atoms with Crippen LogP contribution in [-0.4, -0.2) is 47.7 Å². The van der Waals surface area contributed by atoms with Crippen molar-refractivity contribution in [1.29, 1.82) is 0 Å². The third kappa shape index (κ3) is 4.54. The van der Waals surface area contributed by atoms with Gasteiger partial charge in [-0.25, -0.2) is 9.37 Å². The zero-order valence-corrected chi connectivity index (χ0v) is 16.9. The molecule has 1 amide bonds. The molecule has 7 heteroatoms. The van der Waals surface area contributed by atoms with E-state index in [-0.39, 0.29) is 11.7 Å². The summed E-state index contributed by atoms with van der Waals surface area (Å²) in [6.07, 6.45) is 0. The number of hydrogen-bond donors (Lipinski definition) is 0. The zero-order chi connectivity index (χ0) is 19.3. The van der Waals surface area contributed by atoms with Crippen LogP contribution in [0.3, 0.4) is 0 Å². The monoisotopic (exact) mass is 413 g/mol.